The molecule has 0 saturated heterocycles. The number of fused-ring (bicyclic) bond motifs is 1. The van der Waals surface area contributed by atoms with Crippen LogP contribution in [-0.2, 0) is 4.74 Å². The molecule has 0 aliphatic carbocycles. The lowest BCUT2D eigenvalue weighted by molar-refractivity contribution is 0.153. The van der Waals surface area contributed by atoms with Crippen molar-refractivity contribution >= 4 is 46.6 Å². The van der Waals surface area contributed by atoms with E-state index in [0.29, 0.717) is 23.2 Å². The van der Waals surface area contributed by atoms with Crippen LogP contribution in [0.4, 0.5) is 10.6 Å². The van der Waals surface area contributed by atoms with Crippen molar-refractivity contribution in [2.24, 2.45) is 0 Å². The Morgan fingerprint density at radius 2 is 1.93 bits per heavy atom. The van der Waals surface area contributed by atoms with Gasteiger partial charge in [0.2, 0.25) is 0 Å². The number of nitrogens with zero attached hydrogens (tertiary/aromatic N) is 2. The van der Waals surface area contributed by atoms with Crippen molar-refractivity contribution in [2.45, 2.75) is 6.92 Å². The van der Waals surface area contributed by atoms with Crippen LogP contribution in [0.2, 0.25) is 5.02 Å². The normalized spacial score (nSPS) is 11.0. The Morgan fingerprint density at radius 3 is 2.68 bits per heavy atom. The summed E-state index contributed by atoms with van der Waals surface area (Å²) in [4.78, 5) is 20.4. The number of rotatable bonds is 6. The summed E-state index contributed by atoms with van der Waals surface area (Å²) >= 11 is 5.92. The number of carbonyl (C=O) groups is 1. The fourth-order valence-electron chi connectivity index (χ4n) is 2.60. The number of anilines is 1. The molecule has 1 heterocycles. The molecule has 0 aliphatic heterocycles. The predicted molar refractivity (Wildman–Crippen MR) is 114 cm³/mol. The summed E-state index contributed by atoms with van der Waals surface area (Å²) in [6.07, 6.45) is 3.33. The van der Waals surface area contributed by atoms with Crippen molar-refractivity contribution in [1.82, 2.24) is 15.3 Å². The molecule has 1 amide bonds. The highest BCUT2D eigenvalue weighted by Gasteiger charge is 2.07. The van der Waals surface area contributed by atoms with E-state index in [1.165, 1.54) is 7.05 Å². The first-order chi connectivity index (χ1) is 13.5. The average Bonchev–Trinajstić information content (AvgIpc) is 2.70. The molecule has 0 fully saturated rings. The van der Waals surface area contributed by atoms with E-state index in [1.54, 1.807) is 0 Å². The maximum Gasteiger partial charge on any atom is 0.406 e. The number of carbonyl (C=O) groups excluding carboxylic acids is 1. The lowest BCUT2D eigenvalue weighted by atomic mass is 10.1. The Balaban J connectivity index is 1.84. The molecule has 2 N–H and O–H groups in total. The lowest BCUT2D eigenvalue weighted by Gasteiger charge is -2.11. The second kappa shape index (κ2) is 9.19. The lowest BCUT2D eigenvalue weighted by Crippen LogP contribution is -2.22. The van der Waals surface area contributed by atoms with E-state index in [4.69, 9.17) is 16.3 Å². The molecule has 7 heteroatoms. The van der Waals surface area contributed by atoms with Crippen LogP contribution < -0.4 is 10.6 Å². The van der Waals surface area contributed by atoms with Gasteiger partial charge in [0.25, 0.3) is 0 Å². The van der Waals surface area contributed by atoms with Gasteiger partial charge in [-0.3, -0.25) is 0 Å². The minimum atomic E-state index is -0.461. The van der Waals surface area contributed by atoms with Crippen molar-refractivity contribution < 1.29 is 9.53 Å². The van der Waals surface area contributed by atoms with Crippen molar-refractivity contribution in [2.75, 3.05) is 25.5 Å². The summed E-state index contributed by atoms with van der Waals surface area (Å²) in [5.41, 5.74) is 2.96. The Morgan fingerprint density at radius 1 is 1.14 bits per heavy atom. The van der Waals surface area contributed by atoms with Crippen molar-refractivity contribution in [1.29, 1.82) is 0 Å². The topological polar surface area (TPSA) is 76.1 Å². The molecule has 0 atom stereocenters. The van der Waals surface area contributed by atoms with Crippen LogP contribution in [0, 0.1) is 6.92 Å². The summed E-state index contributed by atoms with van der Waals surface area (Å²) in [5, 5.41) is 7.26. The molecule has 3 rings (SSSR count). The monoisotopic (exact) mass is 396 g/mol. The number of aryl methyl sites for hydroxylation is 1. The summed E-state index contributed by atoms with van der Waals surface area (Å²) in [7, 11) is 1.52. The van der Waals surface area contributed by atoms with Crippen LogP contribution in [0.1, 0.15) is 17.0 Å². The minimum Gasteiger partial charge on any atom is -0.448 e. The average molecular weight is 397 g/mol. The van der Waals surface area contributed by atoms with Gasteiger partial charge in [-0.1, -0.05) is 41.4 Å². The highest BCUT2D eigenvalue weighted by molar-refractivity contribution is 6.30. The molecule has 3 aromatic rings. The van der Waals surface area contributed by atoms with E-state index < -0.39 is 6.09 Å². The van der Waals surface area contributed by atoms with Crippen LogP contribution in [-0.4, -0.2) is 36.3 Å². The molecule has 0 bridgehead atoms. The number of aromatic nitrogens is 2. The first-order valence-corrected chi connectivity index (χ1v) is 9.23. The number of alkyl carbamates (subject to hydrolysis) is 1. The third kappa shape index (κ3) is 5.20. The summed E-state index contributed by atoms with van der Waals surface area (Å²) < 4.78 is 5.01. The first-order valence-electron chi connectivity index (χ1n) is 8.85. The zero-order chi connectivity index (χ0) is 19.9. The minimum absolute atomic E-state index is 0.229. The van der Waals surface area contributed by atoms with Gasteiger partial charge >= 0.3 is 6.09 Å². The maximum atomic E-state index is 11.2. The molecule has 28 heavy (non-hydrogen) atoms. The van der Waals surface area contributed by atoms with E-state index in [9.17, 15) is 4.79 Å². The van der Waals surface area contributed by atoms with Gasteiger partial charge in [-0.25, -0.2) is 14.8 Å². The zero-order valence-electron chi connectivity index (χ0n) is 15.7. The summed E-state index contributed by atoms with van der Waals surface area (Å²) in [6.45, 7) is 2.69. The quantitative estimate of drug-likeness (QED) is 0.598. The Labute approximate surface area is 168 Å². The number of hydrogen-bond acceptors (Lipinski definition) is 5. The van der Waals surface area contributed by atoms with E-state index in [0.717, 1.165) is 22.0 Å². The van der Waals surface area contributed by atoms with Gasteiger partial charge in [0.05, 0.1) is 12.1 Å². The highest BCUT2D eigenvalue weighted by Crippen LogP contribution is 2.22. The second-order valence-corrected chi connectivity index (χ2v) is 6.59. The second-order valence-electron chi connectivity index (χ2n) is 6.15. The fraction of sp³-hybridized carbons (Fsp3) is 0.190. The molecule has 0 unspecified atom stereocenters. The number of amides is 1. The van der Waals surface area contributed by atoms with E-state index in [1.807, 2.05) is 61.5 Å². The largest absolute Gasteiger partial charge is 0.448 e. The Bertz CT molecular complexity index is 1000. The summed E-state index contributed by atoms with van der Waals surface area (Å²) in [5.74, 6) is 1.28. The maximum absolute atomic E-state index is 11.2. The van der Waals surface area contributed by atoms with E-state index in [-0.39, 0.29) is 6.61 Å². The van der Waals surface area contributed by atoms with E-state index in [2.05, 4.69) is 20.6 Å². The number of hydrogen-bond donors (Lipinski definition) is 2. The fourth-order valence-corrected chi connectivity index (χ4v) is 2.73. The third-order valence-corrected chi connectivity index (χ3v) is 4.25. The van der Waals surface area contributed by atoms with Gasteiger partial charge < -0.3 is 15.4 Å². The number of nitrogens with one attached hydrogen (secondary N) is 2. The molecule has 0 saturated carbocycles. The van der Waals surface area contributed by atoms with Gasteiger partial charge in [-0.15, -0.1) is 0 Å². The number of ether oxygens (including phenoxy) is 1. The van der Waals surface area contributed by atoms with Crippen LogP contribution in [0.3, 0.4) is 0 Å². The highest BCUT2D eigenvalue weighted by atomic mass is 35.5. The summed E-state index contributed by atoms with van der Waals surface area (Å²) in [6, 6.07) is 13.6. The van der Waals surface area contributed by atoms with Crippen LogP contribution in [0.15, 0.2) is 42.5 Å². The Hall–Kier alpha value is -3.12. The molecule has 0 spiro atoms. The molecule has 0 aliphatic rings. The SMILES string of the molecule is CNC(=O)OCCNc1nc(/C=C/c2ccc(Cl)cc2)nc2ccc(C)cc12. The molecule has 0 radical (unpaired) electrons. The van der Waals surface area contributed by atoms with Crippen LogP contribution in [0.5, 0.6) is 0 Å². The van der Waals surface area contributed by atoms with Gasteiger partial charge in [0.1, 0.15) is 12.4 Å². The van der Waals surface area contributed by atoms with Crippen LogP contribution in [0.25, 0.3) is 23.1 Å². The molecule has 144 valence electrons. The third-order valence-electron chi connectivity index (χ3n) is 4.00. The molecular formula is C21H21ClN4O2. The van der Waals surface area contributed by atoms with Gasteiger partial charge in [-0.05, 0) is 42.8 Å². The molecule has 2 aromatic carbocycles. The zero-order valence-corrected chi connectivity index (χ0v) is 16.5. The smallest absolute Gasteiger partial charge is 0.406 e. The molecule has 1 aromatic heterocycles. The Kier molecular flexibility index (Phi) is 6.45. The van der Waals surface area contributed by atoms with Crippen LogP contribution >= 0.6 is 11.6 Å². The number of halogens is 1. The predicted octanol–water partition coefficient (Wildman–Crippen LogP) is 4.53. The van der Waals surface area contributed by atoms with Gasteiger partial charge in [0, 0.05) is 17.5 Å². The standard InChI is InChI=1S/C21H21ClN4O2/c1-14-3-9-18-17(13-14)20(24-11-12-28-21(27)23-2)26-19(25-18)10-6-15-4-7-16(22)8-5-15/h3-10,13H,11-12H2,1-2H3,(H,23,27)(H,24,25,26)/b10-6+. The first kappa shape index (κ1) is 19.6. The molecular weight excluding hydrogens is 376 g/mol. The van der Waals surface area contributed by atoms with Gasteiger partial charge in [-0.2, -0.15) is 0 Å². The van der Waals surface area contributed by atoms with E-state index >= 15 is 0 Å². The molecule has 6 nitrogen and oxygen atoms in total. The van der Waals surface area contributed by atoms with Crippen molar-refractivity contribution in [3.8, 4) is 0 Å². The van der Waals surface area contributed by atoms with Gasteiger partial charge in [0.15, 0.2) is 5.82 Å². The van der Waals surface area contributed by atoms with Crippen molar-refractivity contribution in [3.05, 3.63) is 64.4 Å². The van der Waals surface area contributed by atoms with Crippen molar-refractivity contribution in [3.63, 3.8) is 0 Å². The number of benzene rings is 2.